The van der Waals surface area contributed by atoms with Crippen molar-refractivity contribution in [3.05, 3.63) is 48.6 Å². The summed E-state index contributed by atoms with van der Waals surface area (Å²) in [7, 11) is 1.63. The number of carbonyl (C=O) groups excluding carboxylic acids is 1. The minimum atomic E-state index is -4.29. The van der Waals surface area contributed by atoms with Crippen molar-refractivity contribution in [1.29, 1.82) is 0 Å². The van der Waals surface area contributed by atoms with Crippen LogP contribution in [0.5, 0.6) is 0 Å². The lowest BCUT2D eigenvalue weighted by molar-refractivity contribution is -0.870. The van der Waals surface area contributed by atoms with Crippen molar-refractivity contribution in [2.45, 2.75) is 206 Å². The van der Waals surface area contributed by atoms with Gasteiger partial charge in [-0.3, -0.25) is 13.8 Å². The molecule has 0 aromatic heterocycles. The van der Waals surface area contributed by atoms with Crippen LogP contribution in [0.15, 0.2) is 48.6 Å². The van der Waals surface area contributed by atoms with Crippen molar-refractivity contribution in [2.24, 2.45) is 0 Å². The van der Waals surface area contributed by atoms with Gasteiger partial charge in [0.15, 0.2) is 0 Å². The first-order valence-electron chi connectivity index (χ1n) is 23.9. The zero-order chi connectivity index (χ0) is 42.7. The van der Waals surface area contributed by atoms with Gasteiger partial charge in [0, 0.05) is 13.0 Å². The number of ether oxygens (including phenoxy) is 2. The summed E-state index contributed by atoms with van der Waals surface area (Å²) in [5.41, 5.74) is 0. The van der Waals surface area contributed by atoms with Gasteiger partial charge in [-0.1, -0.05) is 204 Å². The number of hydrogen-bond donors (Lipinski definition) is 1. The summed E-state index contributed by atoms with van der Waals surface area (Å²) in [4.78, 5) is 22.8. The summed E-state index contributed by atoms with van der Waals surface area (Å²) in [5, 5.41) is 0. The maximum Gasteiger partial charge on any atom is 0.472 e. The van der Waals surface area contributed by atoms with Crippen LogP contribution >= 0.6 is 7.82 Å². The van der Waals surface area contributed by atoms with E-state index >= 15 is 0 Å². The number of hydrogen-bond acceptors (Lipinski definition) is 6. The van der Waals surface area contributed by atoms with Gasteiger partial charge in [-0.2, -0.15) is 0 Å². The quantitative estimate of drug-likeness (QED) is 0.0215. The summed E-state index contributed by atoms with van der Waals surface area (Å²) in [5.74, 6) is -0.391. The van der Waals surface area contributed by atoms with E-state index in [1.54, 1.807) is 0 Å². The van der Waals surface area contributed by atoms with Crippen LogP contribution in [-0.2, 0) is 27.9 Å². The van der Waals surface area contributed by atoms with Crippen LogP contribution in [0.4, 0.5) is 0 Å². The number of esters is 1. The van der Waals surface area contributed by atoms with Crippen LogP contribution in [0.25, 0.3) is 0 Å². The number of likely N-dealkylation sites (N-methyl/N-ethyl adjacent to an activating group) is 1. The van der Waals surface area contributed by atoms with Crippen molar-refractivity contribution < 1.29 is 37.3 Å². The van der Waals surface area contributed by atoms with E-state index < -0.39 is 19.9 Å². The number of nitrogens with zero attached hydrogens (tertiary/aromatic N) is 1. The van der Waals surface area contributed by atoms with Crippen LogP contribution in [0.1, 0.15) is 200 Å². The molecular weight excluding hydrogens is 746 g/mol. The van der Waals surface area contributed by atoms with Crippen LogP contribution in [-0.4, -0.2) is 75.6 Å². The van der Waals surface area contributed by atoms with Gasteiger partial charge in [0.05, 0.1) is 34.4 Å². The van der Waals surface area contributed by atoms with Crippen LogP contribution < -0.4 is 0 Å². The minimum absolute atomic E-state index is 0.0760. The van der Waals surface area contributed by atoms with Crippen molar-refractivity contribution in [3.63, 3.8) is 0 Å². The molecule has 58 heavy (non-hydrogen) atoms. The monoisotopic (exact) mass is 839 g/mol. The standard InChI is InChI=1S/C49H92NO7P/c1-6-8-10-12-14-16-18-20-21-22-23-24-25-26-27-28-29-31-33-35-37-39-41-44-54-46-48(47-56-58(52,53)55-45-43-50(3,4)5)57-49(51)42-40-38-36-34-32-30-19-17-15-13-11-9-7-2/h9,11,15,17,30,32,36,38,48H,6-8,10,12-14,16,18-29,31,33-35,37,39-47H2,1-5H3/p+1/b11-9-,17-15-,32-30-,38-36-. The van der Waals surface area contributed by atoms with E-state index in [-0.39, 0.29) is 26.2 Å². The van der Waals surface area contributed by atoms with Gasteiger partial charge in [0.1, 0.15) is 19.3 Å². The van der Waals surface area contributed by atoms with Crippen LogP contribution in [0.3, 0.4) is 0 Å². The van der Waals surface area contributed by atoms with E-state index in [0.717, 1.165) is 38.5 Å². The smallest absolute Gasteiger partial charge is 0.457 e. The molecule has 0 aliphatic carbocycles. The molecule has 0 fully saturated rings. The van der Waals surface area contributed by atoms with E-state index in [1.807, 2.05) is 33.3 Å². The lowest BCUT2D eigenvalue weighted by Gasteiger charge is -2.24. The fourth-order valence-corrected chi connectivity index (χ4v) is 7.25. The number of phosphoric ester groups is 1. The number of rotatable bonds is 44. The Kier molecular flexibility index (Phi) is 41.0. The Bertz CT molecular complexity index is 1070. The molecule has 2 unspecified atom stereocenters. The minimum Gasteiger partial charge on any atom is -0.457 e. The van der Waals surface area contributed by atoms with E-state index in [4.69, 9.17) is 18.5 Å². The summed E-state index contributed by atoms with van der Waals surface area (Å²) in [6.45, 7) is 5.43. The Labute approximate surface area is 358 Å². The highest BCUT2D eigenvalue weighted by Crippen LogP contribution is 2.43. The fraction of sp³-hybridized carbons (Fsp3) is 0.816. The molecule has 0 rings (SSSR count). The lowest BCUT2D eigenvalue weighted by atomic mass is 10.0. The second-order valence-electron chi connectivity index (χ2n) is 17.1. The molecule has 0 spiro atoms. The summed E-state index contributed by atoms with van der Waals surface area (Å²) in [6.07, 6.45) is 51.9. The Morgan fingerprint density at radius 3 is 1.40 bits per heavy atom. The first-order valence-corrected chi connectivity index (χ1v) is 25.4. The molecule has 0 amide bonds. The predicted molar refractivity (Wildman–Crippen MR) is 247 cm³/mol. The highest BCUT2D eigenvalue weighted by atomic mass is 31.2. The van der Waals surface area contributed by atoms with Crippen molar-refractivity contribution in [3.8, 4) is 0 Å². The molecule has 9 heteroatoms. The first kappa shape index (κ1) is 56.5. The molecule has 2 atom stereocenters. The molecular formula is C49H93NO7P+. The SMILES string of the molecule is CC/C=C\C/C=C\C/C=C\C/C=C\CCC(=O)OC(COCCCCCCCCCCCCCCCCCCCCCCCCC)COP(=O)(O)OCC[N+](C)(C)C. The molecule has 0 saturated heterocycles. The first-order chi connectivity index (χ1) is 28.1. The number of carbonyl (C=O) groups is 1. The fourth-order valence-electron chi connectivity index (χ4n) is 6.51. The maximum absolute atomic E-state index is 12.6. The molecule has 0 aromatic rings. The normalized spacial score (nSPS) is 14.1. The van der Waals surface area contributed by atoms with Gasteiger partial charge in [0.2, 0.25) is 0 Å². The maximum atomic E-state index is 12.6. The second-order valence-corrected chi connectivity index (χ2v) is 18.6. The molecule has 1 N–H and O–H groups in total. The lowest BCUT2D eigenvalue weighted by Crippen LogP contribution is -2.37. The Hall–Kier alpha value is -1.54. The summed E-state index contributed by atoms with van der Waals surface area (Å²) < 4.78 is 34.9. The topological polar surface area (TPSA) is 91.3 Å². The van der Waals surface area contributed by atoms with E-state index in [9.17, 15) is 14.3 Å². The highest BCUT2D eigenvalue weighted by Gasteiger charge is 2.26. The molecule has 0 radical (unpaired) electrons. The van der Waals surface area contributed by atoms with Crippen LogP contribution in [0.2, 0.25) is 0 Å². The van der Waals surface area contributed by atoms with E-state index in [1.165, 1.54) is 135 Å². The number of quaternary nitrogens is 1. The molecule has 8 nitrogen and oxygen atoms in total. The molecule has 0 bridgehead atoms. The largest absolute Gasteiger partial charge is 0.472 e. The van der Waals surface area contributed by atoms with Gasteiger partial charge < -0.3 is 18.9 Å². The predicted octanol–water partition coefficient (Wildman–Crippen LogP) is 14.3. The number of unbranched alkanes of at least 4 members (excludes halogenated alkanes) is 22. The molecule has 0 aromatic carbocycles. The Morgan fingerprint density at radius 2 is 0.966 bits per heavy atom. The number of phosphoric acid groups is 1. The molecule has 0 aliphatic rings. The van der Waals surface area contributed by atoms with Crippen LogP contribution in [0, 0.1) is 0 Å². The van der Waals surface area contributed by atoms with E-state index in [2.05, 4.69) is 50.3 Å². The molecule has 0 aliphatic heterocycles. The Balaban J connectivity index is 4.14. The zero-order valence-electron chi connectivity index (χ0n) is 38.5. The zero-order valence-corrected chi connectivity index (χ0v) is 39.4. The molecule has 0 heterocycles. The van der Waals surface area contributed by atoms with Gasteiger partial charge >= 0.3 is 13.8 Å². The van der Waals surface area contributed by atoms with Crippen molar-refractivity contribution in [2.75, 3.05) is 54.1 Å². The summed E-state index contributed by atoms with van der Waals surface area (Å²) in [6, 6.07) is 0. The van der Waals surface area contributed by atoms with Gasteiger partial charge in [-0.15, -0.1) is 0 Å². The third-order valence-electron chi connectivity index (χ3n) is 10.2. The third kappa shape index (κ3) is 45.5. The number of allylic oxidation sites excluding steroid dienone is 8. The third-order valence-corrected chi connectivity index (χ3v) is 11.2. The van der Waals surface area contributed by atoms with Crippen molar-refractivity contribution in [1.82, 2.24) is 0 Å². The second kappa shape index (κ2) is 42.2. The molecule has 340 valence electrons. The average Bonchev–Trinajstić information content (AvgIpc) is 3.18. The van der Waals surface area contributed by atoms with E-state index in [0.29, 0.717) is 24.1 Å². The van der Waals surface area contributed by atoms with Gasteiger partial charge in [-0.25, -0.2) is 4.57 Å². The van der Waals surface area contributed by atoms with Gasteiger partial charge in [0.25, 0.3) is 0 Å². The summed E-state index contributed by atoms with van der Waals surface area (Å²) >= 11 is 0. The molecule has 0 saturated carbocycles. The average molecular weight is 839 g/mol. The van der Waals surface area contributed by atoms with Gasteiger partial charge in [-0.05, 0) is 38.5 Å². The Morgan fingerprint density at radius 1 is 0.552 bits per heavy atom. The highest BCUT2D eigenvalue weighted by molar-refractivity contribution is 7.47. The van der Waals surface area contributed by atoms with Crippen molar-refractivity contribution >= 4 is 13.8 Å².